The normalized spacial score (nSPS) is 20.8. The molecule has 2 rings (SSSR count). The monoisotopic (exact) mass is 251 g/mol. The quantitative estimate of drug-likeness (QED) is 0.878. The molecule has 18 heavy (non-hydrogen) atoms. The minimum Gasteiger partial charge on any atom is -0.326 e. The molecule has 1 aliphatic rings. The van der Waals surface area contributed by atoms with Crippen molar-refractivity contribution in [3.05, 3.63) is 35.1 Å². The molecular formula is C14H22FN3. The van der Waals surface area contributed by atoms with Gasteiger partial charge in [0.25, 0.3) is 0 Å². The van der Waals surface area contributed by atoms with Crippen LogP contribution < -0.4 is 5.73 Å². The Bertz CT molecular complexity index is 406. The molecule has 0 radical (unpaired) electrons. The molecule has 1 aliphatic heterocycles. The molecule has 1 saturated heterocycles. The highest BCUT2D eigenvalue weighted by Crippen LogP contribution is 2.19. The fraction of sp³-hybridized carbons (Fsp3) is 0.571. The van der Waals surface area contributed by atoms with E-state index in [1.165, 1.54) is 12.5 Å². The second-order valence-corrected chi connectivity index (χ2v) is 5.26. The minimum absolute atomic E-state index is 0.202. The lowest BCUT2D eigenvalue weighted by Gasteiger charge is -2.21. The first-order valence-corrected chi connectivity index (χ1v) is 6.46. The molecule has 0 aromatic heterocycles. The van der Waals surface area contributed by atoms with Crippen molar-refractivity contribution in [3.63, 3.8) is 0 Å². The van der Waals surface area contributed by atoms with Crippen LogP contribution in [0.1, 0.15) is 17.5 Å². The molecule has 0 saturated carbocycles. The van der Waals surface area contributed by atoms with Gasteiger partial charge in [0.1, 0.15) is 5.82 Å². The third kappa shape index (κ3) is 3.07. The second kappa shape index (κ2) is 5.78. The second-order valence-electron chi connectivity index (χ2n) is 5.26. The highest BCUT2D eigenvalue weighted by Gasteiger charge is 2.24. The van der Waals surface area contributed by atoms with Crippen molar-refractivity contribution in [2.24, 2.45) is 5.73 Å². The van der Waals surface area contributed by atoms with E-state index >= 15 is 0 Å². The van der Waals surface area contributed by atoms with Crippen LogP contribution in [0.2, 0.25) is 0 Å². The third-order valence-corrected chi connectivity index (χ3v) is 3.76. The third-order valence-electron chi connectivity index (χ3n) is 3.76. The molecular weight excluding hydrogens is 229 g/mol. The molecule has 2 N–H and O–H groups in total. The summed E-state index contributed by atoms with van der Waals surface area (Å²) in [5.41, 5.74) is 7.75. The predicted molar refractivity (Wildman–Crippen MR) is 71.7 cm³/mol. The van der Waals surface area contributed by atoms with E-state index in [-0.39, 0.29) is 5.82 Å². The molecule has 1 aromatic rings. The van der Waals surface area contributed by atoms with Crippen LogP contribution in [0.3, 0.4) is 0 Å². The highest BCUT2D eigenvalue weighted by atomic mass is 19.1. The van der Waals surface area contributed by atoms with E-state index in [1.807, 2.05) is 6.07 Å². The SMILES string of the molecule is CN(C)C1CCN(Cc2ccc(F)cc2CN)C1. The molecule has 0 spiro atoms. The van der Waals surface area contributed by atoms with Crippen LogP contribution in [0.15, 0.2) is 18.2 Å². The molecule has 1 atom stereocenters. The molecule has 1 aromatic carbocycles. The average Bonchev–Trinajstić information content (AvgIpc) is 2.80. The van der Waals surface area contributed by atoms with Gasteiger partial charge in [-0.3, -0.25) is 4.90 Å². The summed E-state index contributed by atoms with van der Waals surface area (Å²) in [6.45, 7) is 3.45. The van der Waals surface area contributed by atoms with Crippen molar-refractivity contribution >= 4 is 0 Å². The van der Waals surface area contributed by atoms with Crippen LogP contribution in [0.4, 0.5) is 4.39 Å². The zero-order valence-electron chi connectivity index (χ0n) is 11.2. The molecule has 100 valence electrons. The summed E-state index contributed by atoms with van der Waals surface area (Å²) in [5.74, 6) is -0.202. The maximum atomic E-state index is 13.1. The number of nitrogens with zero attached hydrogens (tertiary/aromatic N) is 2. The number of likely N-dealkylation sites (tertiary alicyclic amines) is 1. The number of halogens is 1. The Morgan fingerprint density at radius 3 is 2.78 bits per heavy atom. The van der Waals surface area contributed by atoms with Gasteiger partial charge in [0.2, 0.25) is 0 Å². The van der Waals surface area contributed by atoms with Crippen LogP contribution in [0.25, 0.3) is 0 Å². The van der Waals surface area contributed by atoms with E-state index in [2.05, 4.69) is 23.9 Å². The van der Waals surface area contributed by atoms with E-state index in [1.54, 1.807) is 6.07 Å². The van der Waals surface area contributed by atoms with Crippen molar-refractivity contribution < 1.29 is 4.39 Å². The summed E-state index contributed by atoms with van der Waals surface area (Å²) in [6, 6.07) is 5.57. The van der Waals surface area contributed by atoms with Gasteiger partial charge in [0, 0.05) is 32.2 Å². The number of hydrogen-bond acceptors (Lipinski definition) is 3. The van der Waals surface area contributed by atoms with Crippen molar-refractivity contribution in [2.75, 3.05) is 27.2 Å². The lowest BCUT2D eigenvalue weighted by Crippen LogP contribution is -2.31. The van der Waals surface area contributed by atoms with Crippen molar-refractivity contribution in [1.29, 1.82) is 0 Å². The number of benzene rings is 1. The first-order chi connectivity index (χ1) is 8.60. The van der Waals surface area contributed by atoms with Crippen molar-refractivity contribution in [3.8, 4) is 0 Å². The van der Waals surface area contributed by atoms with Crippen LogP contribution in [-0.2, 0) is 13.1 Å². The first-order valence-electron chi connectivity index (χ1n) is 6.46. The Labute approximate surface area is 108 Å². The van der Waals surface area contributed by atoms with E-state index < -0.39 is 0 Å². The summed E-state index contributed by atoms with van der Waals surface area (Å²) in [5, 5.41) is 0. The molecule has 1 heterocycles. The Morgan fingerprint density at radius 1 is 1.39 bits per heavy atom. The summed E-state index contributed by atoms with van der Waals surface area (Å²) < 4.78 is 13.1. The number of likely N-dealkylation sites (N-methyl/N-ethyl adjacent to an activating group) is 1. The summed E-state index contributed by atoms with van der Waals surface area (Å²) in [6.07, 6.45) is 1.20. The van der Waals surface area contributed by atoms with Gasteiger partial charge in [0.15, 0.2) is 0 Å². The summed E-state index contributed by atoms with van der Waals surface area (Å²) >= 11 is 0. The Hall–Kier alpha value is -0.970. The Morgan fingerprint density at radius 2 is 2.17 bits per heavy atom. The fourth-order valence-electron chi connectivity index (χ4n) is 2.56. The van der Waals surface area contributed by atoms with Crippen LogP contribution in [0.5, 0.6) is 0 Å². The van der Waals surface area contributed by atoms with Gasteiger partial charge in [0.05, 0.1) is 0 Å². The number of hydrogen-bond donors (Lipinski definition) is 1. The molecule has 3 nitrogen and oxygen atoms in total. The van der Waals surface area contributed by atoms with E-state index in [9.17, 15) is 4.39 Å². The number of rotatable bonds is 4. The average molecular weight is 251 g/mol. The fourth-order valence-corrected chi connectivity index (χ4v) is 2.56. The smallest absolute Gasteiger partial charge is 0.123 e. The zero-order chi connectivity index (χ0) is 13.1. The Kier molecular flexibility index (Phi) is 4.32. The minimum atomic E-state index is -0.202. The van der Waals surface area contributed by atoms with Crippen molar-refractivity contribution in [1.82, 2.24) is 9.80 Å². The van der Waals surface area contributed by atoms with E-state index in [4.69, 9.17) is 5.73 Å². The van der Waals surface area contributed by atoms with E-state index in [0.29, 0.717) is 12.6 Å². The topological polar surface area (TPSA) is 32.5 Å². The molecule has 0 amide bonds. The lowest BCUT2D eigenvalue weighted by atomic mass is 10.1. The maximum Gasteiger partial charge on any atom is 0.123 e. The lowest BCUT2D eigenvalue weighted by molar-refractivity contribution is 0.264. The summed E-state index contributed by atoms with van der Waals surface area (Å²) in [7, 11) is 4.24. The van der Waals surface area contributed by atoms with Gasteiger partial charge in [-0.05, 0) is 43.8 Å². The number of nitrogens with two attached hydrogens (primary N) is 1. The molecule has 0 bridgehead atoms. The van der Waals surface area contributed by atoms with Crippen LogP contribution >= 0.6 is 0 Å². The predicted octanol–water partition coefficient (Wildman–Crippen LogP) is 1.42. The van der Waals surface area contributed by atoms with Gasteiger partial charge in [-0.2, -0.15) is 0 Å². The van der Waals surface area contributed by atoms with Gasteiger partial charge >= 0.3 is 0 Å². The zero-order valence-corrected chi connectivity index (χ0v) is 11.2. The maximum absolute atomic E-state index is 13.1. The summed E-state index contributed by atoms with van der Waals surface area (Å²) in [4.78, 5) is 4.69. The molecule has 1 unspecified atom stereocenters. The van der Waals surface area contributed by atoms with Crippen LogP contribution in [-0.4, -0.2) is 43.0 Å². The molecule has 1 fully saturated rings. The standard InChI is InChI=1S/C14H22FN3/c1-17(2)14-5-6-18(10-14)9-11-3-4-13(15)7-12(11)8-16/h3-4,7,14H,5-6,8-10,16H2,1-2H3. The molecule has 4 heteroatoms. The van der Waals surface area contributed by atoms with Crippen molar-refractivity contribution in [2.45, 2.75) is 25.6 Å². The van der Waals surface area contributed by atoms with Crippen LogP contribution in [0, 0.1) is 5.82 Å². The largest absolute Gasteiger partial charge is 0.326 e. The Balaban J connectivity index is 2.02. The first kappa shape index (κ1) is 13.5. The highest BCUT2D eigenvalue weighted by molar-refractivity contribution is 5.27. The van der Waals surface area contributed by atoms with Gasteiger partial charge in [-0.1, -0.05) is 6.07 Å². The van der Waals surface area contributed by atoms with Gasteiger partial charge < -0.3 is 10.6 Å². The van der Waals surface area contributed by atoms with Gasteiger partial charge in [-0.25, -0.2) is 4.39 Å². The van der Waals surface area contributed by atoms with Gasteiger partial charge in [-0.15, -0.1) is 0 Å². The van der Waals surface area contributed by atoms with E-state index in [0.717, 1.165) is 30.8 Å². The molecule has 0 aliphatic carbocycles.